The Kier molecular flexibility index (Phi) is 4.72. The maximum Gasteiger partial charge on any atom is 0.126 e. The number of nitriles is 1. The molecule has 1 aliphatic rings. The normalized spacial score (nSPS) is 15.3. The van der Waals surface area contributed by atoms with Crippen LogP contribution in [0.25, 0.3) is 0 Å². The van der Waals surface area contributed by atoms with E-state index in [4.69, 9.17) is 5.26 Å². The first-order chi connectivity index (χ1) is 11.6. The molecular formula is C18H24N6. The average molecular weight is 324 g/mol. The van der Waals surface area contributed by atoms with Crippen molar-refractivity contribution in [2.24, 2.45) is 7.05 Å². The number of aromatic nitrogens is 2. The number of rotatable bonds is 4. The van der Waals surface area contributed by atoms with E-state index in [1.165, 1.54) is 5.69 Å². The molecule has 0 bridgehead atoms. The maximum absolute atomic E-state index is 9.10. The number of hydrogen-bond donors (Lipinski definition) is 1. The second-order valence-corrected chi connectivity index (χ2v) is 6.36. The maximum atomic E-state index is 9.10. The van der Waals surface area contributed by atoms with Crippen molar-refractivity contribution in [2.45, 2.75) is 13.5 Å². The van der Waals surface area contributed by atoms with Gasteiger partial charge in [0.2, 0.25) is 0 Å². The predicted molar refractivity (Wildman–Crippen MR) is 96.1 cm³/mol. The SMILES string of the molecule is Cc1c(CNc2ccc(N3CCN(C)CC3)cn2)cc(C#N)n1C. The van der Waals surface area contributed by atoms with Gasteiger partial charge in [0, 0.05) is 45.5 Å². The fourth-order valence-corrected chi connectivity index (χ4v) is 2.98. The van der Waals surface area contributed by atoms with Crippen LogP contribution in [0, 0.1) is 18.3 Å². The largest absolute Gasteiger partial charge is 0.368 e. The van der Waals surface area contributed by atoms with Crippen molar-refractivity contribution in [3.8, 4) is 6.07 Å². The van der Waals surface area contributed by atoms with E-state index in [1.807, 2.05) is 36.9 Å². The van der Waals surface area contributed by atoms with Gasteiger partial charge in [0.25, 0.3) is 0 Å². The van der Waals surface area contributed by atoms with E-state index in [0.717, 1.165) is 43.3 Å². The van der Waals surface area contributed by atoms with Gasteiger partial charge in [-0.05, 0) is 37.7 Å². The van der Waals surface area contributed by atoms with Gasteiger partial charge < -0.3 is 19.7 Å². The van der Waals surface area contributed by atoms with Crippen LogP contribution < -0.4 is 10.2 Å². The monoisotopic (exact) mass is 324 g/mol. The standard InChI is InChI=1S/C18H24N6/c1-14-15(10-17(11-19)23(14)3)12-20-18-5-4-16(13-21-18)24-8-6-22(2)7-9-24/h4-5,10,13H,6-9,12H2,1-3H3,(H,20,21). The molecule has 24 heavy (non-hydrogen) atoms. The van der Waals surface area contributed by atoms with Crippen LogP contribution in [-0.4, -0.2) is 47.7 Å². The van der Waals surface area contributed by atoms with Crippen LogP contribution in [0.2, 0.25) is 0 Å². The highest BCUT2D eigenvalue weighted by atomic mass is 15.2. The number of nitrogens with one attached hydrogen (secondary N) is 1. The van der Waals surface area contributed by atoms with E-state index in [1.54, 1.807) is 0 Å². The molecular weight excluding hydrogens is 300 g/mol. The second kappa shape index (κ2) is 6.93. The summed E-state index contributed by atoms with van der Waals surface area (Å²) in [5, 5.41) is 12.4. The summed E-state index contributed by atoms with van der Waals surface area (Å²) in [7, 11) is 4.08. The van der Waals surface area contributed by atoms with Crippen molar-refractivity contribution in [2.75, 3.05) is 43.4 Å². The Morgan fingerprint density at radius 3 is 2.54 bits per heavy atom. The molecule has 0 unspecified atom stereocenters. The number of pyridine rings is 1. The number of piperazine rings is 1. The molecule has 2 aromatic heterocycles. The van der Waals surface area contributed by atoms with Crippen molar-refractivity contribution >= 4 is 11.5 Å². The van der Waals surface area contributed by atoms with E-state index in [9.17, 15) is 0 Å². The summed E-state index contributed by atoms with van der Waals surface area (Å²) in [5.41, 5.74) is 4.09. The van der Waals surface area contributed by atoms with Crippen LogP contribution in [0.5, 0.6) is 0 Å². The first kappa shape index (κ1) is 16.3. The van der Waals surface area contributed by atoms with Crippen LogP contribution in [0.1, 0.15) is 17.0 Å². The molecule has 1 fully saturated rings. The molecule has 0 aromatic carbocycles. The van der Waals surface area contributed by atoms with Gasteiger partial charge in [-0.3, -0.25) is 0 Å². The number of nitrogens with zero attached hydrogens (tertiary/aromatic N) is 5. The van der Waals surface area contributed by atoms with Gasteiger partial charge in [-0.25, -0.2) is 4.98 Å². The highest BCUT2D eigenvalue weighted by Gasteiger charge is 2.14. The minimum atomic E-state index is 0.669. The average Bonchev–Trinajstić information content (AvgIpc) is 2.89. The Bertz CT molecular complexity index is 732. The molecule has 126 valence electrons. The minimum Gasteiger partial charge on any atom is -0.368 e. The topological polar surface area (TPSA) is 60.1 Å². The van der Waals surface area contributed by atoms with E-state index in [0.29, 0.717) is 12.2 Å². The van der Waals surface area contributed by atoms with Gasteiger partial charge in [-0.15, -0.1) is 0 Å². The van der Waals surface area contributed by atoms with Gasteiger partial charge in [0.05, 0.1) is 11.9 Å². The third-order valence-electron chi connectivity index (χ3n) is 4.83. The molecule has 1 saturated heterocycles. The molecule has 3 heterocycles. The first-order valence-electron chi connectivity index (χ1n) is 8.27. The van der Waals surface area contributed by atoms with Crippen LogP contribution >= 0.6 is 0 Å². The predicted octanol–water partition coefficient (Wildman–Crippen LogP) is 1.96. The summed E-state index contributed by atoms with van der Waals surface area (Å²) in [5.74, 6) is 0.856. The van der Waals surface area contributed by atoms with E-state index < -0.39 is 0 Å². The lowest BCUT2D eigenvalue weighted by molar-refractivity contribution is 0.313. The molecule has 0 spiro atoms. The van der Waals surface area contributed by atoms with Crippen LogP contribution in [-0.2, 0) is 13.6 Å². The molecule has 0 aliphatic carbocycles. The van der Waals surface area contributed by atoms with Crippen molar-refractivity contribution in [1.29, 1.82) is 5.26 Å². The van der Waals surface area contributed by atoms with Gasteiger partial charge in [-0.2, -0.15) is 5.26 Å². The summed E-state index contributed by atoms with van der Waals surface area (Å²) >= 11 is 0. The quantitative estimate of drug-likeness (QED) is 0.932. The van der Waals surface area contributed by atoms with E-state index >= 15 is 0 Å². The Hall–Kier alpha value is -2.52. The molecule has 1 aliphatic heterocycles. The summed E-state index contributed by atoms with van der Waals surface area (Å²) in [4.78, 5) is 9.25. The van der Waals surface area contributed by atoms with Crippen molar-refractivity contribution in [1.82, 2.24) is 14.5 Å². The second-order valence-electron chi connectivity index (χ2n) is 6.36. The molecule has 1 N–H and O–H groups in total. The Morgan fingerprint density at radius 1 is 1.21 bits per heavy atom. The zero-order valence-corrected chi connectivity index (χ0v) is 14.6. The molecule has 0 amide bonds. The minimum absolute atomic E-state index is 0.669. The van der Waals surface area contributed by atoms with E-state index in [-0.39, 0.29) is 0 Å². The number of likely N-dealkylation sites (N-methyl/N-ethyl adjacent to an activating group) is 1. The number of hydrogen-bond acceptors (Lipinski definition) is 5. The van der Waals surface area contributed by atoms with Crippen LogP contribution in [0.15, 0.2) is 24.4 Å². The van der Waals surface area contributed by atoms with Crippen molar-refractivity contribution in [3.63, 3.8) is 0 Å². The third kappa shape index (κ3) is 3.36. The van der Waals surface area contributed by atoms with Crippen LogP contribution in [0.3, 0.4) is 0 Å². The molecule has 0 saturated carbocycles. The Labute approximate surface area is 143 Å². The van der Waals surface area contributed by atoms with E-state index in [2.05, 4.69) is 39.3 Å². The molecule has 6 heteroatoms. The first-order valence-corrected chi connectivity index (χ1v) is 8.27. The lowest BCUT2D eigenvalue weighted by Crippen LogP contribution is -2.44. The molecule has 0 atom stereocenters. The van der Waals surface area contributed by atoms with Gasteiger partial charge in [0.1, 0.15) is 17.6 Å². The lowest BCUT2D eigenvalue weighted by atomic mass is 10.2. The van der Waals surface area contributed by atoms with Gasteiger partial charge in [-0.1, -0.05) is 0 Å². The lowest BCUT2D eigenvalue weighted by Gasteiger charge is -2.33. The summed E-state index contributed by atoms with van der Waals surface area (Å²) in [6, 6.07) is 8.29. The smallest absolute Gasteiger partial charge is 0.126 e. The Balaban J connectivity index is 1.62. The summed E-state index contributed by atoms with van der Waals surface area (Å²) in [6.07, 6.45) is 1.94. The zero-order chi connectivity index (χ0) is 17.1. The van der Waals surface area contributed by atoms with Crippen molar-refractivity contribution < 1.29 is 0 Å². The summed E-state index contributed by atoms with van der Waals surface area (Å²) in [6.45, 7) is 6.98. The van der Waals surface area contributed by atoms with Gasteiger partial charge >= 0.3 is 0 Å². The summed E-state index contributed by atoms with van der Waals surface area (Å²) < 4.78 is 1.92. The molecule has 2 aromatic rings. The third-order valence-corrected chi connectivity index (χ3v) is 4.83. The highest BCUT2D eigenvalue weighted by molar-refractivity contribution is 5.50. The van der Waals surface area contributed by atoms with Crippen LogP contribution in [0.4, 0.5) is 11.5 Å². The molecule has 3 rings (SSSR count). The zero-order valence-electron chi connectivity index (χ0n) is 14.6. The molecule has 6 nitrogen and oxygen atoms in total. The fraction of sp³-hybridized carbons (Fsp3) is 0.444. The van der Waals surface area contributed by atoms with Crippen molar-refractivity contribution in [3.05, 3.63) is 41.3 Å². The molecule has 0 radical (unpaired) electrons. The highest BCUT2D eigenvalue weighted by Crippen LogP contribution is 2.18. The Morgan fingerprint density at radius 2 is 1.96 bits per heavy atom. The fourth-order valence-electron chi connectivity index (χ4n) is 2.98. The number of anilines is 2. The van der Waals surface area contributed by atoms with Gasteiger partial charge in [0.15, 0.2) is 0 Å².